The minimum atomic E-state index is -0.459. The number of pyridine rings is 1. The van der Waals surface area contributed by atoms with Gasteiger partial charge in [-0.15, -0.1) is 0 Å². The molecule has 0 saturated carbocycles. The maximum Gasteiger partial charge on any atom is 0.256 e. The molecule has 1 N–H and O–H groups in total. The summed E-state index contributed by atoms with van der Waals surface area (Å²) in [4.78, 5) is 31.5. The summed E-state index contributed by atoms with van der Waals surface area (Å²) in [6.45, 7) is 0.708. The number of amides is 2. The summed E-state index contributed by atoms with van der Waals surface area (Å²) in [6, 6.07) is 18.6. The van der Waals surface area contributed by atoms with Crippen molar-refractivity contribution in [2.45, 2.75) is 25.6 Å². The van der Waals surface area contributed by atoms with E-state index < -0.39 is 6.04 Å². The van der Waals surface area contributed by atoms with Gasteiger partial charge in [0.1, 0.15) is 5.82 Å². The van der Waals surface area contributed by atoms with Crippen LogP contribution in [0.1, 0.15) is 39.6 Å². The number of halogens is 1. The van der Waals surface area contributed by atoms with Gasteiger partial charge < -0.3 is 10.2 Å². The first-order valence-corrected chi connectivity index (χ1v) is 9.43. The van der Waals surface area contributed by atoms with E-state index in [2.05, 4.69) is 10.3 Å². The average molecular weight is 389 g/mol. The van der Waals surface area contributed by atoms with Crippen molar-refractivity contribution in [1.29, 1.82) is 0 Å². The van der Waals surface area contributed by atoms with Gasteiger partial charge >= 0.3 is 0 Å². The Morgan fingerprint density at radius 3 is 2.52 bits per heavy atom. The standard InChI is InChI=1S/C23H20FN3O2/c24-18-10-8-17(9-11-18)15-27-20(22-19(23(27)29)7-4-12-25-22)13-21(28)26-14-16-5-2-1-3-6-16/h1-12,20H,13-15H2,(H,26,28). The maximum atomic E-state index is 13.2. The number of rotatable bonds is 6. The Morgan fingerprint density at radius 1 is 1.00 bits per heavy atom. The first-order chi connectivity index (χ1) is 14.1. The van der Waals surface area contributed by atoms with E-state index in [-0.39, 0.29) is 30.6 Å². The fraction of sp³-hybridized carbons (Fsp3) is 0.174. The van der Waals surface area contributed by atoms with Crippen LogP contribution in [0, 0.1) is 5.82 Å². The van der Waals surface area contributed by atoms with E-state index in [1.54, 1.807) is 35.4 Å². The summed E-state index contributed by atoms with van der Waals surface area (Å²) in [5, 5.41) is 2.91. The second-order valence-corrected chi connectivity index (χ2v) is 6.98. The SMILES string of the molecule is O=C(CC1c2ncccc2C(=O)N1Cc1ccc(F)cc1)NCc1ccccc1. The number of hydrogen-bond acceptors (Lipinski definition) is 3. The first-order valence-electron chi connectivity index (χ1n) is 9.43. The molecule has 4 rings (SSSR count). The van der Waals surface area contributed by atoms with Gasteiger partial charge in [-0.05, 0) is 35.4 Å². The molecule has 1 atom stereocenters. The highest BCUT2D eigenvalue weighted by Gasteiger charge is 2.38. The Labute approximate surface area is 168 Å². The number of fused-ring (bicyclic) bond motifs is 1. The van der Waals surface area contributed by atoms with Crippen molar-refractivity contribution >= 4 is 11.8 Å². The zero-order valence-corrected chi connectivity index (χ0v) is 15.7. The largest absolute Gasteiger partial charge is 0.352 e. The molecule has 1 aliphatic rings. The van der Waals surface area contributed by atoms with E-state index in [0.29, 0.717) is 17.8 Å². The highest BCUT2D eigenvalue weighted by molar-refractivity contribution is 5.99. The molecule has 5 nitrogen and oxygen atoms in total. The summed E-state index contributed by atoms with van der Waals surface area (Å²) < 4.78 is 13.2. The molecule has 0 bridgehead atoms. The Kier molecular flexibility index (Phi) is 5.33. The van der Waals surface area contributed by atoms with Crippen LogP contribution in [0.25, 0.3) is 0 Å². The van der Waals surface area contributed by atoms with E-state index in [0.717, 1.165) is 11.1 Å². The molecular weight excluding hydrogens is 369 g/mol. The summed E-state index contributed by atoms with van der Waals surface area (Å²) in [7, 11) is 0. The van der Waals surface area contributed by atoms with Crippen molar-refractivity contribution in [3.05, 3.63) is 101 Å². The monoisotopic (exact) mass is 389 g/mol. The normalized spacial score (nSPS) is 15.3. The zero-order chi connectivity index (χ0) is 20.2. The van der Waals surface area contributed by atoms with Gasteiger partial charge in [0.15, 0.2) is 0 Å². The summed E-state index contributed by atoms with van der Waals surface area (Å²) in [5.74, 6) is -0.657. The van der Waals surface area contributed by atoms with E-state index in [4.69, 9.17) is 0 Å². The molecule has 0 aliphatic carbocycles. The third-order valence-corrected chi connectivity index (χ3v) is 5.00. The number of nitrogens with zero attached hydrogens (tertiary/aromatic N) is 2. The van der Waals surface area contributed by atoms with Crippen LogP contribution in [0.2, 0.25) is 0 Å². The van der Waals surface area contributed by atoms with Crippen LogP contribution in [0.15, 0.2) is 72.9 Å². The van der Waals surface area contributed by atoms with Crippen LogP contribution in [-0.2, 0) is 17.9 Å². The van der Waals surface area contributed by atoms with Crippen LogP contribution in [0.4, 0.5) is 4.39 Å². The van der Waals surface area contributed by atoms with Gasteiger partial charge in [0.2, 0.25) is 5.91 Å². The molecular formula is C23H20FN3O2. The minimum Gasteiger partial charge on any atom is -0.352 e. The van der Waals surface area contributed by atoms with E-state index >= 15 is 0 Å². The van der Waals surface area contributed by atoms with Crippen molar-refractivity contribution in [2.75, 3.05) is 0 Å². The smallest absolute Gasteiger partial charge is 0.256 e. The molecule has 2 amide bonds. The second kappa shape index (κ2) is 8.22. The predicted octanol–water partition coefficient (Wildman–Crippen LogP) is 3.62. The van der Waals surface area contributed by atoms with Gasteiger partial charge in [-0.2, -0.15) is 0 Å². The number of nitrogens with one attached hydrogen (secondary N) is 1. The first kappa shape index (κ1) is 18.8. The van der Waals surface area contributed by atoms with Crippen LogP contribution < -0.4 is 5.32 Å². The molecule has 0 fully saturated rings. The van der Waals surface area contributed by atoms with Crippen LogP contribution in [-0.4, -0.2) is 21.7 Å². The second-order valence-electron chi connectivity index (χ2n) is 6.98. The average Bonchev–Trinajstić information content (AvgIpc) is 3.01. The predicted molar refractivity (Wildman–Crippen MR) is 106 cm³/mol. The Bertz CT molecular complexity index is 1020. The maximum absolute atomic E-state index is 13.2. The van der Waals surface area contributed by atoms with E-state index in [1.807, 2.05) is 30.3 Å². The fourth-order valence-electron chi connectivity index (χ4n) is 3.53. The summed E-state index contributed by atoms with van der Waals surface area (Å²) in [5.41, 5.74) is 2.91. The Hall–Kier alpha value is -3.54. The topological polar surface area (TPSA) is 62.3 Å². The van der Waals surface area contributed by atoms with Crippen LogP contribution >= 0.6 is 0 Å². The summed E-state index contributed by atoms with van der Waals surface area (Å²) in [6.07, 6.45) is 1.74. The molecule has 1 unspecified atom stereocenters. The van der Waals surface area contributed by atoms with Crippen LogP contribution in [0.3, 0.4) is 0 Å². The van der Waals surface area contributed by atoms with Gasteiger partial charge in [0.05, 0.1) is 23.7 Å². The quantitative estimate of drug-likeness (QED) is 0.700. The Balaban J connectivity index is 1.51. The Morgan fingerprint density at radius 2 is 1.76 bits per heavy atom. The van der Waals surface area contributed by atoms with Crippen molar-refractivity contribution in [1.82, 2.24) is 15.2 Å². The number of benzene rings is 2. The third kappa shape index (κ3) is 4.16. The molecule has 1 aliphatic heterocycles. The lowest BCUT2D eigenvalue weighted by Gasteiger charge is -2.24. The molecule has 0 spiro atoms. The third-order valence-electron chi connectivity index (χ3n) is 5.00. The highest BCUT2D eigenvalue weighted by atomic mass is 19.1. The van der Waals surface area contributed by atoms with Gasteiger partial charge in [-0.3, -0.25) is 14.6 Å². The molecule has 3 aromatic rings. The zero-order valence-electron chi connectivity index (χ0n) is 15.7. The molecule has 146 valence electrons. The summed E-state index contributed by atoms with van der Waals surface area (Å²) >= 11 is 0. The van der Waals surface area contributed by atoms with Crippen LogP contribution in [0.5, 0.6) is 0 Å². The molecule has 6 heteroatoms. The molecule has 29 heavy (non-hydrogen) atoms. The van der Waals surface area contributed by atoms with E-state index in [9.17, 15) is 14.0 Å². The lowest BCUT2D eigenvalue weighted by atomic mass is 10.1. The van der Waals surface area contributed by atoms with Gasteiger partial charge in [0.25, 0.3) is 5.91 Å². The number of carbonyl (C=O) groups is 2. The van der Waals surface area contributed by atoms with Gasteiger partial charge in [-0.1, -0.05) is 42.5 Å². The molecule has 1 aromatic heterocycles. The number of hydrogen-bond donors (Lipinski definition) is 1. The lowest BCUT2D eigenvalue weighted by molar-refractivity contribution is -0.122. The molecule has 0 saturated heterocycles. The molecule has 0 radical (unpaired) electrons. The van der Waals surface area contributed by atoms with Crippen molar-refractivity contribution < 1.29 is 14.0 Å². The van der Waals surface area contributed by atoms with Crippen molar-refractivity contribution in [3.8, 4) is 0 Å². The molecule has 2 heterocycles. The molecule has 2 aromatic carbocycles. The van der Waals surface area contributed by atoms with Gasteiger partial charge in [-0.25, -0.2) is 4.39 Å². The number of carbonyl (C=O) groups excluding carboxylic acids is 2. The number of aromatic nitrogens is 1. The van der Waals surface area contributed by atoms with Crippen molar-refractivity contribution in [2.24, 2.45) is 0 Å². The highest BCUT2D eigenvalue weighted by Crippen LogP contribution is 2.35. The fourth-order valence-corrected chi connectivity index (χ4v) is 3.53. The van der Waals surface area contributed by atoms with E-state index in [1.165, 1.54) is 12.1 Å². The van der Waals surface area contributed by atoms with Crippen molar-refractivity contribution in [3.63, 3.8) is 0 Å². The lowest BCUT2D eigenvalue weighted by Crippen LogP contribution is -2.32. The minimum absolute atomic E-state index is 0.115. The van der Waals surface area contributed by atoms with Gasteiger partial charge in [0, 0.05) is 19.3 Å².